The van der Waals surface area contributed by atoms with Gasteiger partial charge in [-0.2, -0.15) is 0 Å². The summed E-state index contributed by atoms with van der Waals surface area (Å²) in [4.78, 5) is 4.08. The van der Waals surface area contributed by atoms with Crippen molar-refractivity contribution in [2.45, 2.75) is 19.4 Å². The molecule has 5 heteroatoms. The van der Waals surface area contributed by atoms with Crippen molar-refractivity contribution in [1.29, 1.82) is 0 Å². The molecule has 0 saturated heterocycles. The number of aromatic nitrogens is 1. The van der Waals surface area contributed by atoms with E-state index in [1.165, 1.54) is 0 Å². The highest BCUT2D eigenvalue weighted by Crippen LogP contribution is 2.22. The third-order valence-electron chi connectivity index (χ3n) is 2.90. The number of aryl methyl sites for hydroxylation is 1. The minimum Gasteiger partial charge on any atom is -0.388 e. The van der Waals surface area contributed by atoms with Crippen LogP contribution in [0.25, 0.3) is 0 Å². The number of aliphatic hydroxyl groups is 1. The summed E-state index contributed by atoms with van der Waals surface area (Å²) in [7, 11) is 0. The lowest BCUT2D eigenvalue weighted by Gasteiger charge is -2.12. The largest absolute Gasteiger partial charge is 0.388 e. The SMILES string of the molecule is Cc1cccnc1CC(O)c1cc(F)c(F)c(F)c1. The van der Waals surface area contributed by atoms with Gasteiger partial charge in [-0.1, -0.05) is 6.07 Å². The molecule has 0 aliphatic carbocycles. The maximum absolute atomic E-state index is 13.1. The van der Waals surface area contributed by atoms with E-state index in [1.807, 2.05) is 13.0 Å². The van der Waals surface area contributed by atoms with Crippen molar-refractivity contribution < 1.29 is 18.3 Å². The fourth-order valence-electron chi connectivity index (χ4n) is 1.80. The van der Waals surface area contributed by atoms with Gasteiger partial charge in [-0.25, -0.2) is 13.2 Å². The van der Waals surface area contributed by atoms with E-state index in [1.54, 1.807) is 12.3 Å². The number of rotatable bonds is 3. The average Bonchev–Trinajstić information content (AvgIpc) is 2.38. The predicted octanol–water partition coefficient (Wildman–Crippen LogP) is 3.08. The van der Waals surface area contributed by atoms with E-state index in [9.17, 15) is 18.3 Å². The number of hydrogen-bond acceptors (Lipinski definition) is 2. The van der Waals surface area contributed by atoms with Crippen LogP contribution in [0, 0.1) is 24.4 Å². The summed E-state index contributed by atoms with van der Waals surface area (Å²) in [5.74, 6) is -4.16. The molecular formula is C14H12F3NO. The van der Waals surface area contributed by atoms with Crippen LogP contribution in [0.4, 0.5) is 13.2 Å². The Labute approximate surface area is 108 Å². The van der Waals surface area contributed by atoms with E-state index in [0.29, 0.717) is 5.69 Å². The van der Waals surface area contributed by atoms with Crippen LogP contribution in [-0.4, -0.2) is 10.1 Å². The number of halogens is 3. The highest BCUT2D eigenvalue weighted by Gasteiger charge is 2.17. The van der Waals surface area contributed by atoms with Gasteiger partial charge in [-0.05, 0) is 36.2 Å². The molecule has 1 aromatic carbocycles. The van der Waals surface area contributed by atoms with Crippen molar-refractivity contribution in [2.75, 3.05) is 0 Å². The van der Waals surface area contributed by atoms with Gasteiger partial charge in [0.25, 0.3) is 0 Å². The highest BCUT2D eigenvalue weighted by atomic mass is 19.2. The van der Waals surface area contributed by atoms with E-state index in [-0.39, 0.29) is 12.0 Å². The van der Waals surface area contributed by atoms with E-state index in [0.717, 1.165) is 17.7 Å². The molecule has 1 aromatic heterocycles. The minimum atomic E-state index is -1.54. The molecule has 100 valence electrons. The molecular weight excluding hydrogens is 255 g/mol. The zero-order valence-electron chi connectivity index (χ0n) is 10.2. The third kappa shape index (κ3) is 2.93. The van der Waals surface area contributed by atoms with Gasteiger partial charge in [0.15, 0.2) is 17.5 Å². The van der Waals surface area contributed by atoms with Crippen molar-refractivity contribution in [3.05, 3.63) is 64.7 Å². The Morgan fingerprint density at radius 1 is 1.21 bits per heavy atom. The lowest BCUT2D eigenvalue weighted by Crippen LogP contribution is -2.07. The van der Waals surface area contributed by atoms with E-state index in [2.05, 4.69) is 4.98 Å². The molecule has 19 heavy (non-hydrogen) atoms. The van der Waals surface area contributed by atoms with Gasteiger partial charge in [0.1, 0.15) is 0 Å². The number of pyridine rings is 1. The van der Waals surface area contributed by atoms with Gasteiger partial charge in [-0.15, -0.1) is 0 Å². The maximum Gasteiger partial charge on any atom is 0.194 e. The zero-order chi connectivity index (χ0) is 14.0. The summed E-state index contributed by atoms with van der Waals surface area (Å²) in [6.07, 6.45) is 0.538. The predicted molar refractivity (Wildman–Crippen MR) is 64.0 cm³/mol. The maximum atomic E-state index is 13.1. The molecule has 0 amide bonds. The molecule has 2 rings (SSSR count). The summed E-state index contributed by atoms with van der Waals surface area (Å²) in [5, 5.41) is 9.94. The number of nitrogens with zero attached hydrogens (tertiary/aromatic N) is 1. The first-order valence-electron chi connectivity index (χ1n) is 5.72. The number of aliphatic hydroxyl groups excluding tert-OH is 1. The molecule has 1 N–H and O–H groups in total. The molecule has 0 spiro atoms. The van der Waals surface area contributed by atoms with Crippen LogP contribution < -0.4 is 0 Å². The Hall–Kier alpha value is -1.88. The van der Waals surface area contributed by atoms with E-state index >= 15 is 0 Å². The van der Waals surface area contributed by atoms with Gasteiger partial charge in [0, 0.05) is 18.3 Å². The van der Waals surface area contributed by atoms with Gasteiger partial charge in [0.05, 0.1) is 6.10 Å². The molecule has 0 aliphatic rings. The van der Waals surface area contributed by atoms with Crippen molar-refractivity contribution in [2.24, 2.45) is 0 Å². The second-order valence-corrected chi connectivity index (χ2v) is 4.29. The summed E-state index contributed by atoms with van der Waals surface area (Å²) in [5.41, 5.74) is 1.48. The lowest BCUT2D eigenvalue weighted by molar-refractivity contribution is 0.175. The first-order chi connectivity index (χ1) is 8.99. The van der Waals surface area contributed by atoms with Gasteiger partial charge in [-0.3, -0.25) is 4.98 Å². The van der Waals surface area contributed by atoms with Crippen LogP contribution in [0.2, 0.25) is 0 Å². The summed E-state index contributed by atoms with van der Waals surface area (Å²) >= 11 is 0. The van der Waals surface area contributed by atoms with Crippen LogP contribution >= 0.6 is 0 Å². The Bertz CT molecular complexity index is 578. The van der Waals surface area contributed by atoms with Crippen LogP contribution in [0.15, 0.2) is 30.5 Å². The molecule has 2 aromatic rings. The zero-order valence-corrected chi connectivity index (χ0v) is 10.2. The average molecular weight is 267 g/mol. The van der Waals surface area contributed by atoms with Gasteiger partial charge < -0.3 is 5.11 Å². The van der Waals surface area contributed by atoms with E-state index in [4.69, 9.17) is 0 Å². The second kappa shape index (κ2) is 5.40. The fourth-order valence-corrected chi connectivity index (χ4v) is 1.80. The van der Waals surface area contributed by atoms with Crippen molar-refractivity contribution in [1.82, 2.24) is 4.98 Å². The minimum absolute atomic E-state index is 0.0125. The Balaban J connectivity index is 2.26. The molecule has 0 radical (unpaired) electrons. The number of benzene rings is 1. The van der Waals surface area contributed by atoms with Gasteiger partial charge >= 0.3 is 0 Å². The van der Waals surface area contributed by atoms with Crippen LogP contribution in [0.1, 0.15) is 22.9 Å². The normalized spacial score (nSPS) is 12.5. The smallest absolute Gasteiger partial charge is 0.194 e. The Morgan fingerprint density at radius 2 is 1.84 bits per heavy atom. The molecule has 1 heterocycles. The van der Waals surface area contributed by atoms with Gasteiger partial charge in [0.2, 0.25) is 0 Å². The highest BCUT2D eigenvalue weighted by molar-refractivity contribution is 5.25. The van der Waals surface area contributed by atoms with E-state index < -0.39 is 23.6 Å². The first kappa shape index (κ1) is 13.5. The first-order valence-corrected chi connectivity index (χ1v) is 5.72. The van der Waals surface area contributed by atoms with Crippen LogP contribution in [0.5, 0.6) is 0 Å². The lowest BCUT2D eigenvalue weighted by atomic mass is 10.0. The quantitative estimate of drug-likeness (QED) is 0.867. The molecule has 0 bridgehead atoms. The van der Waals surface area contributed by atoms with Crippen molar-refractivity contribution >= 4 is 0 Å². The molecule has 2 nitrogen and oxygen atoms in total. The summed E-state index contributed by atoms with van der Waals surface area (Å²) < 4.78 is 39.0. The van der Waals surface area contributed by atoms with Crippen LogP contribution in [0.3, 0.4) is 0 Å². The number of hydrogen-bond donors (Lipinski definition) is 1. The standard InChI is InChI=1S/C14H12F3NO/c1-8-3-2-4-18-12(8)7-13(19)9-5-10(15)14(17)11(16)6-9/h2-6,13,19H,7H2,1H3. The molecule has 1 atom stereocenters. The molecule has 0 saturated carbocycles. The van der Waals surface area contributed by atoms with Crippen LogP contribution in [-0.2, 0) is 6.42 Å². The second-order valence-electron chi connectivity index (χ2n) is 4.29. The Kier molecular flexibility index (Phi) is 3.85. The van der Waals surface area contributed by atoms with Crippen molar-refractivity contribution in [3.8, 4) is 0 Å². The summed E-state index contributed by atoms with van der Waals surface area (Å²) in [6.45, 7) is 1.82. The molecule has 0 fully saturated rings. The monoisotopic (exact) mass is 267 g/mol. The Morgan fingerprint density at radius 3 is 2.42 bits per heavy atom. The summed E-state index contributed by atoms with van der Waals surface area (Å²) in [6, 6.07) is 5.16. The third-order valence-corrected chi connectivity index (χ3v) is 2.90. The van der Waals surface area contributed by atoms with Crippen molar-refractivity contribution in [3.63, 3.8) is 0 Å². The topological polar surface area (TPSA) is 33.1 Å². The fraction of sp³-hybridized carbons (Fsp3) is 0.214. The molecule has 0 aliphatic heterocycles. The molecule has 1 unspecified atom stereocenters.